The zero-order chi connectivity index (χ0) is 21.3. The molecule has 2 amide bonds. The maximum Gasteiger partial charge on any atom is 0.323 e. The van der Waals surface area contributed by atoms with Gasteiger partial charge < -0.3 is 4.90 Å². The van der Waals surface area contributed by atoms with Gasteiger partial charge in [-0.1, -0.05) is 6.92 Å². The van der Waals surface area contributed by atoms with E-state index in [1.54, 1.807) is 6.20 Å². The van der Waals surface area contributed by atoms with E-state index in [-0.39, 0.29) is 18.1 Å². The molecule has 0 fully saturated rings. The lowest BCUT2D eigenvalue weighted by atomic mass is 10.1. The summed E-state index contributed by atoms with van der Waals surface area (Å²) in [6.45, 7) is 2.53. The Labute approximate surface area is 170 Å². The molecular formula is C20H17FN6O3. The van der Waals surface area contributed by atoms with E-state index >= 15 is 0 Å². The number of pyridine rings is 1. The van der Waals surface area contributed by atoms with Crippen molar-refractivity contribution in [3.63, 3.8) is 0 Å². The van der Waals surface area contributed by atoms with Gasteiger partial charge >= 0.3 is 11.7 Å². The van der Waals surface area contributed by atoms with E-state index in [1.165, 1.54) is 41.3 Å². The van der Waals surface area contributed by atoms with Crippen molar-refractivity contribution in [1.82, 2.24) is 19.9 Å². The number of amides is 2. The maximum absolute atomic E-state index is 13.2. The number of nitro groups is 1. The molecule has 10 heteroatoms. The molecule has 0 atom stereocenters. The summed E-state index contributed by atoms with van der Waals surface area (Å²) in [7, 11) is 0. The third-order valence-electron chi connectivity index (χ3n) is 4.75. The minimum atomic E-state index is -0.616. The van der Waals surface area contributed by atoms with Crippen LogP contribution < -0.4 is 5.32 Å². The maximum atomic E-state index is 13.2. The number of anilines is 1. The zero-order valence-electron chi connectivity index (χ0n) is 16.0. The number of halogens is 1. The Morgan fingerprint density at radius 3 is 2.67 bits per heavy atom. The number of nitrogens with zero attached hydrogens (tertiary/aromatic N) is 5. The van der Waals surface area contributed by atoms with Gasteiger partial charge in [-0.25, -0.2) is 24.1 Å². The van der Waals surface area contributed by atoms with Gasteiger partial charge in [0.05, 0.1) is 29.4 Å². The molecular weight excluding hydrogens is 391 g/mol. The van der Waals surface area contributed by atoms with Crippen LogP contribution in [0.5, 0.6) is 0 Å². The van der Waals surface area contributed by atoms with Gasteiger partial charge in [-0.15, -0.1) is 0 Å². The summed E-state index contributed by atoms with van der Waals surface area (Å²) < 4.78 is 13.2. The number of carbonyl (C=O) groups excluding carboxylic acids is 1. The second-order valence-corrected chi connectivity index (χ2v) is 6.73. The molecule has 3 heterocycles. The van der Waals surface area contributed by atoms with Gasteiger partial charge in [0, 0.05) is 29.8 Å². The van der Waals surface area contributed by atoms with E-state index < -0.39 is 16.8 Å². The normalized spacial score (nSPS) is 12.5. The molecule has 1 aliphatic rings. The zero-order valence-corrected chi connectivity index (χ0v) is 16.0. The van der Waals surface area contributed by atoms with Gasteiger partial charge in [-0.3, -0.25) is 15.4 Å². The Morgan fingerprint density at radius 1 is 1.20 bits per heavy atom. The highest BCUT2D eigenvalue weighted by Gasteiger charge is 2.27. The Morgan fingerprint density at radius 2 is 1.97 bits per heavy atom. The number of rotatable bonds is 4. The van der Waals surface area contributed by atoms with Crippen LogP contribution in [0.1, 0.15) is 24.0 Å². The fourth-order valence-corrected chi connectivity index (χ4v) is 3.16. The molecule has 9 nitrogen and oxygen atoms in total. The summed E-state index contributed by atoms with van der Waals surface area (Å²) in [5.41, 5.74) is 2.21. The number of nitrogens with one attached hydrogen (secondary N) is 1. The highest BCUT2D eigenvalue weighted by atomic mass is 19.1. The van der Waals surface area contributed by atoms with Gasteiger partial charge in [0.1, 0.15) is 11.6 Å². The predicted octanol–water partition coefficient (Wildman–Crippen LogP) is 3.70. The lowest BCUT2D eigenvalue weighted by molar-refractivity contribution is -0.384. The van der Waals surface area contributed by atoms with Crippen LogP contribution in [0.2, 0.25) is 0 Å². The lowest BCUT2D eigenvalue weighted by Gasteiger charge is -2.16. The quantitative estimate of drug-likeness (QED) is 0.520. The summed E-state index contributed by atoms with van der Waals surface area (Å²) in [6, 6.07) is 7.74. The molecule has 1 aliphatic heterocycles. The van der Waals surface area contributed by atoms with Gasteiger partial charge in [-0.2, -0.15) is 0 Å². The molecule has 1 aromatic carbocycles. The molecule has 0 spiro atoms. The number of hydrogen-bond donors (Lipinski definition) is 1. The minimum Gasteiger partial charge on any atom is -0.314 e. The number of aromatic nitrogens is 3. The number of urea groups is 1. The van der Waals surface area contributed by atoms with Crippen molar-refractivity contribution in [1.29, 1.82) is 0 Å². The fourth-order valence-electron chi connectivity index (χ4n) is 3.16. The lowest BCUT2D eigenvalue weighted by Crippen LogP contribution is -2.31. The highest BCUT2D eigenvalue weighted by molar-refractivity contribution is 5.91. The predicted molar refractivity (Wildman–Crippen MR) is 106 cm³/mol. The van der Waals surface area contributed by atoms with Crippen molar-refractivity contribution in [2.24, 2.45) is 0 Å². The molecule has 0 saturated heterocycles. The molecule has 0 unspecified atom stereocenters. The molecule has 1 N–H and O–H groups in total. The molecule has 2 aromatic heterocycles. The van der Waals surface area contributed by atoms with Crippen molar-refractivity contribution >= 4 is 17.5 Å². The Hall–Kier alpha value is -3.95. The number of hydrogen-bond acceptors (Lipinski definition) is 6. The molecule has 3 aromatic rings. The van der Waals surface area contributed by atoms with E-state index in [1.807, 2.05) is 6.92 Å². The molecule has 0 aliphatic carbocycles. The average Bonchev–Trinajstić information content (AvgIpc) is 3.17. The van der Waals surface area contributed by atoms with E-state index in [4.69, 9.17) is 0 Å². The van der Waals surface area contributed by atoms with Crippen LogP contribution in [-0.2, 0) is 19.5 Å². The summed E-state index contributed by atoms with van der Waals surface area (Å²) in [4.78, 5) is 37.9. The minimum absolute atomic E-state index is 0.178. The number of carbonyl (C=O) groups is 1. The van der Waals surface area contributed by atoms with Gasteiger partial charge in [0.15, 0.2) is 0 Å². The van der Waals surface area contributed by atoms with Gasteiger partial charge in [-0.05, 0) is 30.3 Å². The molecule has 0 bridgehead atoms. The van der Waals surface area contributed by atoms with Crippen molar-refractivity contribution in [3.8, 4) is 11.3 Å². The molecule has 152 valence electrons. The molecule has 30 heavy (non-hydrogen) atoms. The van der Waals surface area contributed by atoms with Gasteiger partial charge in [0.2, 0.25) is 5.82 Å². The van der Waals surface area contributed by atoms with Crippen molar-refractivity contribution in [2.75, 3.05) is 5.32 Å². The van der Waals surface area contributed by atoms with Crippen LogP contribution in [0.25, 0.3) is 11.3 Å². The highest BCUT2D eigenvalue weighted by Crippen LogP contribution is 2.28. The van der Waals surface area contributed by atoms with Crippen LogP contribution in [0.3, 0.4) is 0 Å². The van der Waals surface area contributed by atoms with Crippen LogP contribution in [0.15, 0.2) is 42.6 Å². The van der Waals surface area contributed by atoms with Crippen molar-refractivity contribution in [2.45, 2.75) is 26.4 Å². The first kappa shape index (κ1) is 19.4. The third kappa shape index (κ3) is 3.79. The number of fused-ring (bicyclic) bond motifs is 1. The van der Waals surface area contributed by atoms with E-state index in [9.17, 15) is 19.3 Å². The smallest absolute Gasteiger partial charge is 0.314 e. The first-order chi connectivity index (χ1) is 14.4. The SMILES string of the molecule is CCc1ncc2c(n1)CN(C(=O)Nc1nc(-c3ccc(F)cc3)ccc1[N+](=O)[O-])C2. The fraction of sp³-hybridized carbons (Fsp3) is 0.200. The topological polar surface area (TPSA) is 114 Å². The largest absolute Gasteiger partial charge is 0.323 e. The van der Waals surface area contributed by atoms with Crippen LogP contribution in [0.4, 0.5) is 20.7 Å². The molecule has 0 radical (unpaired) electrons. The van der Waals surface area contributed by atoms with Gasteiger partial charge in [0.25, 0.3) is 0 Å². The van der Waals surface area contributed by atoms with Crippen molar-refractivity contribution < 1.29 is 14.1 Å². The summed E-state index contributed by atoms with van der Waals surface area (Å²) in [6.07, 6.45) is 2.38. The standard InChI is InChI=1S/C20H17FN6O3/c1-2-18-22-9-13-10-26(11-16(13)23-18)20(28)25-19-17(27(29)30)8-7-15(24-19)12-3-5-14(21)6-4-12/h3-9H,2,10-11H2,1H3,(H,24,25,28). The Bertz CT molecular complexity index is 1140. The van der Waals surface area contributed by atoms with E-state index in [0.717, 1.165) is 11.3 Å². The number of benzene rings is 1. The Kier molecular flexibility index (Phi) is 5.05. The van der Waals surface area contributed by atoms with Crippen LogP contribution in [-0.4, -0.2) is 30.8 Å². The van der Waals surface area contributed by atoms with Crippen LogP contribution in [0, 0.1) is 15.9 Å². The molecule has 0 saturated carbocycles. The summed E-state index contributed by atoms with van der Waals surface area (Å²) in [5.74, 6) is 0.112. The Balaban J connectivity index is 1.58. The monoisotopic (exact) mass is 408 g/mol. The first-order valence-corrected chi connectivity index (χ1v) is 9.25. The van der Waals surface area contributed by atoms with Crippen molar-refractivity contribution in [3.05, 3.63) is 75.6 Å². The molecule has 4 rings (SSSR count). The average molecular weight is 408 g/mol. The first-order valence-electron chi connectivity index (χ1n) is 9.25. The third-order valence-corrected chi connectivity index (χ3v) is 4.75. The number of aryl methyl sites for hydroxylation is 1. The second-order valence-electron chi connectivity index (χ2n) is 6.73. The summed E-state index contributed by atoms with van der Waals surface area (Å²) >= 11 is 0. The van der Waals surface area contributed by atoms with E-state index in [0.29, 0.717) is 30.0 Å². The second kappa shape index (κ2) is 7.82. The van der Waals surface area contributed by atoms with Crippen LogP contribution >= 0.6 is 0 Å². The van der Waals surface area contributed by atoms with E-state index in [2.05, 4.69) is 20.3 Å². The summed E-state index contributed by atoms with van der Waals surface area (Å²) in [5, 5.41) is 13.9.